The van der Waals surface area contributed by atoms with E-state index in [1.165, 1.54) is 0 Å². The molecule has 5 heteroatoms. The standard InChI is InChI=1S/C11H10N4O/c12-11(15-16)10-2-1-9(7-14-10)8-3-5-13-6-4-8/h1-7,16H,(H2,12,15). The van der Waals surface area contributed by atoms with E-state index in [1.54, 1.807) is 24.7 Å². The fourth-order valence-corrected chi connectivity index (χ4v) is 1.31. The Balaban J connectivity index is 2.34. The van der Waals surface area contributed by atoms with Crippen LogP contribution in [0.1, 0.15) is 5.69 Å². The second-order valence-corrected chi connectivity index (χ2v) is 3.15. The Labute approximate surface area is 92.3 Å². The molecule has 0 aliphatic heterocycles. The number of amidine groups is 1. The molecule has 0 bridgehead atoms. The van der Waals surface area contributed by atoms with Gasteiger partial charge in [-0.05, 0) is 23.8 Å². The minimum Gasteiger partial charge on any atom is -0.409 e. The van der Waals surface area contributed by atoms with Gasteiger partial charge >= 0.3 is 0 Å². The highest BCUT2D eigenvalue weighted by molar-refractivity contribution is 5.95. The summed E-state index contributed by atoms with van der Waals surface area (Å²) in [7, 11) is 0. The Bertz CT molecular complexity index is 493. The summed E-state index contributed by atoms with van der Waals surface area (Å²) in [5, 5.41) is 11.4. The third-order valence-corrected chi connectivity index (χ3v) is 2.15. The first kappa shape index (κ1) is 10.1. The second kappa shape index (κ2) is 4.39. The van der Waals surface area contributed by atoms with E-state index in [9.17, 15) is 0 Å². The summed E-state index contributed by atoms with van der Waals surface area (Å²) in [5.74, 6) is 0.00118. The minimum absolute atomic E-state index is 0.00118. The molecule has 2 aromatic rings. The minimum atomic E-state index is 0.00118. The van der Waals surface area contributed by atoms with Crippen molar-refractivity contribution in [2.45, 2.75) is 0 Å². The molecule has 0 aliphatic carbocycles. The van der Waals surface area contributed by atoms with Crippen molar-refractivity contribution in [3.63, 3.8) is 0 Å². The third kappa shape index (κ3) is 1.98. The number of pyridine rings is 2. The van der Waals surface area contributed by atoms with Crippen LogP contribution in [-0.4, -0.2) is 21.0 Å². The van der Waals surface area contributed by atoms with E-state index in [0.29, 0.717) is 5.69 Å². The van der Waals surface area contributed by atoms with Crippen molar-refractivity contribution in [3.05, 3.63) is 48.5 Å². The van der Waals surface area contributed by atoms with Crippen molar-refractivity contribution in [1.82, 2.24) is 9.97 Å². The SMILES string of the molecule is N/C(=N\O)c1ccc(-c2ccncc2)cn1. The number of nitrogens with two attached hydrogens (primary N) is 1. The van der Waals surface area contributed by atoms with E-state index in [2.05, 4.69) is 15.1 Å². The van der Waals surface area contributed by atoms with Crippen LogP contribution in [0.4, 0.5) is 0 Å². The Morgan fingerprint density at radius 2 is 1.88 bits per heavy atom. The van der Waals surface area contributed by atoms with E-state index < -0.39 is 0 Å². The maximum absolute atomic E-state index is 8.49. The molecular formula is C11H10N4O. The van der Waals surface area contributed by atoms with E-state index in [1.807, 2.05) is 18.2 Å². The van der Waals surface area contributed by atoms with Gasteiger partial charge in [0, 0.05) is 24.2 Å². The molecule has 3 N–H and O–H groups in total. The molecule has 0 radical (unpaired) electrons. The van der Waals surface area contributed by atoms with Crippen molar-refractivity contribution in [2.75, 3.05) is 0 Å². The van der Waals surface area contributed by atoms with Gasteiger partial charge in [-0.15, -0.1) is 0 Å². The smallest absolute Gasteiger partial charge is 0.188 e. The van der Waals surface area contributed by atoms with Crippen molar-refractivity contribution in [2.24, 2.45) is 10.9 Å². The van der Waals surface area contributed by atoms with E-state index >= 15 is 0 Å². The molecule has 0 amide bonds. The van der Waals surface area contributed by atoms with Gasteiger partial charge in [-0.25, -0.2) is 0 Å². The van der Waals surface area contributed by atoms with Crippen LogP contribution in [0.25, 0.3) is 11.1 Å². The maximum atomic E-state index is 8.49. The van der Waals surface area contributed by atoms with Crippen LogP contribution >= 0.6 is 0 Å². The highest BCUT2D eigenvalue weighted by Gasteiger charge is 2.01. The Kier molecular flexibility index (Phi) is 2.77. The fraction of sp³-hybridized carbons (Fsp3) is 0. The molecule has 0 fully saturated rings. The second-order valence-electron chi connectivity index (χ2n) is 3.15. The molecule has 2 heterocycles. The summed E-state index contributed by atoms with van der Waals surface area (Å²) in [6.45, 7) is 0. The molecule has 0 aliphatic rings. The van der Waals surface area contributed by atoms with Gasteiger partial charge < -0.3 is 10.9 Å². The van der Waals surface area contributed by atoms with E-state index in [0.717, 1.165) is 11.1 Å². The van der Waals surface area contributed by atoms with Crippen LogP contribution in [0, 0.1) is 0 Å². The van der Waals surface area contributed by atoms with Gasteiger partial charge in [0.1, 0.15) is 5.69 Å². The number of hydrogen-bond acceptors (Lipinski definition) is 4. The molecule has 0 saturated carbocycles. The summed E-state index contributed by atoms with van der Waals surface area (Å²) in [6.07, 6.45) is 5.10. The highest BCUT2D eigenvalue weighted by atomic mass is 16.4. The Morgan fingerprint density at radius 1 is 1.12 bits per heavy atom. The number of aromatic nitrogens is 2. The zero-order chi connectivity index (χ0) is 11.4. The van der Waals surface area contributed by atoms with Crippen LogP contribution in [-0.2, 0) is 0 Å². The fourth-order valence-electron chi connectivity index (χ4n) is 1.31. The maximum Gasteiger partial charge on any atom is 0.188 e. The average Bonchev–Trinajstić information content (AvgIpc) is 2.39. The van der Waals surface area contributed by atoms with Crippen molar-refractivity contribution >= 4 is 5.84 Å². The van der Waals surface area contributed by atoms with Crippen molar-refractivity contribution in [1.29, 1.82) is 0 Å². The lowest BCUT2D eigenvalue weighted by Crippen LogP contribution is -2.14. The average molecular weight is 214 g/mol. The van der Waals surface area contributed by atoms with E-state index in [4.69, 9.17) is 10.9 Å². The monoisotopic (exact) mass is 214 g/mol. The number of oxime groups is 1. The Hall–Kier alpha value is -2.43. The molecule has 0 unspecified atom stereocenters. The molecular weight excluding hydrogens is 204 g/mol. The van der Waals surface area contributed by atoms with Crippen LogP contribution < -0.4 is 5.73 Å². The van der Waals surface area contributed by atoms with Crippen LogP contribution in [0.3, 0.4) is 0 Å². The zero-order valence-corrected chi connectivity index (χ0v) is 8.41. The largest absolute Gasteiger partial charge is 0.409 e. The van der Waals surface area contributed by atoms with Gasteiger partial charge in [-0.2, -0.15) is 0 Å². The third-order valence-electron chi connectivity index (χ3n) is 2.15. The van der Waals surface area contributed by atoms with Gasteiger partial charge in [0.15, 0.2) is 5.84 Å². The van der Waals surface area contributed by atoms with E-state index in [-0.39, 0.29) is 5.84 Å². The van der Waals surface area contributed by atoms with Crippen LogP contribution in [0.15, 0.2) is 48.0 Å². The molecule has 80 valence electrons. The lowest BCUT2D eigenvalue weighted by Gasteiger charge is -2.01. The number of rotatable bonds is 2. The number of hydrogen-bond donors (Lipinski definition) is 2. The zero-order valence-electron chi connectivity index (χ0n) is 8.41. The first-order valence-corrected chi connectivity index (χ1v) is 4.65. The lowest BCUT2D eigenvalue weighted by atomic mass is 10.1. The summed E-state index contributed by atoms with van der Waals surface area (Å²) in [5.41, 5.74) is 7.83. The summed E-state index contributed by atoms with van der Waals surface area (Å²) in [6, 6.07) is 7.33. The van der Waals surface area contributed by atoms with Crippen molar-refractivity contribution < 1.29 is 5.21 Å². The van der Waals surface area contributed by atoms with Gasteiger partial charge in [0.2, 0.25) is 0 Å². The number of nitrogens with zero attached hydrogens (tertiary/aromatic N) is 3. The van der Waals surface area contributed by atoms with Gasteiger partial charge in [-0.1, -0.05) is 11.2 Å². The van der Waals surface area contributed by atoms with Crippen molar-refractivity contribution in [3.8, 4) is 11.1 Å². The molecule has 0 spiro atoms. The molecule has 5 nitrogen and oxygen atoms in total. The molecule has 0 atom stereocenters. The highest BCUT2D eigenvalue weighted by Crippen LogP contribution is 2.16. The lowest BCUT2D eigenvalue weighted by molar-refractivity contribution is 0.318. The van der Waals surface area contributed by atoms with Crippen LogP contribution in [0.2, 0.25) is 0 Å². The predicted molar refractivity (Wildman–Crippen MR) is 60.0 cm³/mol. The quantitative estimate of drug-likeness (QED) is 0.341. The molecule has 2 rings (SSSR count). The van der Waals surface area contributed by atoms with Crippen LogP contribution in [0.5, 0.6) is 0 Å². The first-order chi connectivity index (χ1) is 7.81. The molecule has 16 heavy (non-hydrogen) atoms. The predicted octanol–water partition coefficient (Wildman–Crippen LogP) is 1.24. The summed E-state index contributed by atoms with van der Waals surface area (Å²) < 4.78 is 0. The topological polar surface area (TPSA) is 84.4 Å². The molecule has 0 saturated heterocycles. The van der Waals surface area contributed by atoms with Gasteiger partial charge in [0.05, 0.1) is 0 Å². The molecule has 2 aromatic heterocycles. The Morgan fingerprint density at radius 3 is 2.44 bits per heavy atom. The van der Waals surface area contributed by atoms with Gasteiger partial charge in [-0.3, -0.25) is 9.97 Å². The van der Waals surface area contributed by atoms with Gasteiger partial charge in [0.25, 0.3) is 0 Å². The summed E-state index contributed by atoms with van der Waals surface area (Å²) in [4.78, 5) is 8.03. The first-order valence-electron chi connectivity index (χ1n) is 4.65. The summed E-state index contributed by atoms with van der Waals surface area (Å²) >= 11 is 0. The normalized spacial score (nSPS) is 11.4. The molecule has 0 aromatic carbocycles.